The molecule has 0 radical (unpaired) electrons. The number of carbonyl (C=O) groups is 1. The van der Waals surface area contributed by atoms with Gasteiger partial charge in [-0.05, 0) is 31.9 Å². The van der Waals surface area contributed by atoms with E-state index in [4.69, 9.17) is 0 Å². The first-order valence-electron chi connectivity index (χ1n) is 6.00. The second kappa shape index (κ2) is 3.87. The van der Waals surface area contributed by atoms with Gasteiger partial charge in [0.2, 0.25) is 0 Å². The van der Waals surface area contributed by atoms with E-state index in [2.05, 4.69) is 10.00 Å². The first-order chi connectivity index (χ1) is 8.27. The van der Waals surface area contributed by atoms with E-state index >= 15 is 0 Å². The van der Waals surface area contributed by atoms with E-state index in [0.717, 1.165) is 30.0 Å². The summed E-state index contributed by atoms with van der Waals surface area (Å²) in [7, 11) is 0. The Morgan fingerprint density at radius 1 is 1.29 bits per heavy atom. The summed E-state index contributed by atoms with van der Waals surface area (Å²) in [4.78, 5) is 14.0. The van der Waals surface area contributed by atoms with Crippen molar-refractivity contribution in [2.24, 2.45) is 0 Å². The highest BCUT2D eigenvalue weighted by Crippen LogP contribution is 2.27. The van der Waals surface area contributed by atoms with Gasteiger partial charge in [0.15, 0.2) is 11.6 Å². The Labute approximate surface area is 99.8 Å². The summed E-state index contributed by atoms with van der Waals surface area (Å²) in [6.07, 6.45) is 4.26. The van der Waals surface area contributed by atoms with Gasteiger partial charge in [-0.2, -0.15) is 0 Å². The summed E-state index contributed by atoms with van der Waals surface area (Å²) in [6.45, 7) is 3.62. The number of anilines is 1. The second-order valence-electron chi connectivity index (χ2n) is 4.48. The smallest absolute Gasteiger partial charge is 0.165 e. The van der Waals surface area contributed by atoms with Crippen molar-refractivity contribution in [2.45, 2.75) is 19.8 Å². The number of hydrogen-bond acceptors (Lipinski definition) is 3. The van der Waals surface area contributed by atoms with Crippen LogP contribution in [0.3, 0.4) is 0 Å². The predicted molar refractivity (Wildman–Crippen MR) is 66.6 cm³/mol. The topological polar surface area (TPSA) is 37.6 Å². The zero-order valence-corrected chi connectivity index (χ0v) is 9.89. The van der Waals surface area contributed by atoms with E-state index in [-0.39, 0.29) is 5.78 Å². The highest BCUT2D eigenvalue weighted by atomic mass is 16.1. The van der Waals surface area contributed by atoms with Gasteiger partial charge in [-0.25, -0.2) is 4.52 Å². The van der Waals surface area contributed by atoms with Crippen molar-refractivity contribution in [2.75, 3.05) is 18.0 Å². The van der Waals surface area contributed by atoms with Gasteiger partial charge in [0.25, 0.3) is 0 Å². The monoisotopic (exact) mass is 229 g/mol. The average molecular weight is 229 g/mol. The number of pyridine rings is 1. The molecule has 0 amide bonds. The van der Waals surface area contributed by atoms with Crippen molar-refractivity contribution >= 4 is 17.1 Å². The molecule has 1 saturated heterocycles. The lowest BCUT2D eigenvalue weighted by atomic mass is 10.1. The van der Waals surface area contributed by atoms with Crippen molar-refractivity contribution in [3.63, 3.8) is 0 Å². The lowest BCUT2D eigenvalue weighted by Crippen LogP contribution is -2.20. The number of aromatic nitrogens is 2. The molecule has 3 heterocycles. The molecule has 0 aromatic carbocycles. The second-order valence-corrected chi connectivity index (χ2v) is 4.48. The van der Waals surface area contributed by atoms with E-state index in [9.17, 15) is 4.79 Å². The van der Waals surface area contributed by atoms with E-state index in [1.807, 2.05) is 24.4 Å². The molecule has 1 aliphatic rings. The van der Waals surface area contributed by atoms with Crippen LogP contribution in [0, 0.1) is 0 Å². The van der Waals surface area contributed by atoms with Crippen LogP contribution in [-0.2, 0) is 0 Å². The Bertz CT molecular complexity index is 567. The van der Waals surface area contributed by atoms with Crippen LogP contribution in [0.25, 0.3) is 5.52 Å². The molecule has 2 aromatic heterocycles. The molecular formula is C13H15N3O. The number of Topliss-reactive ketones (excluding diaryl/α,β-unsaturated/α-hetero) is 1. The Balaban J connectivity index is 2.22. The average Bonchev–Trinajstić information content (AvgIpc) is 2.95. The van der Waals surface area contributed by atoms with Gasteiger partial charge in [-0.15, -0.1) is 5.10 Å². The SMILES string of the molecule is CC(=O)c1c(N2CCCC2)nn2ccccc12. The van der Waals surface area contributed by atoms with Crippen LogP contribution < -0.4 is 4.90 Å². The molecule has 1 aliphatic heterocycles. The third kappa shape index (κ3) is 1.60. The Morgan fingerprint density at radius 3 is 2.76 bits per heavy atom. The van der Waals surface area contributed by atoms with E-state index < -0.39 is 0 Å². The number of ketones is 1. The van der Waals surface area contributed by atoms with Crippen LogP contribution in [0.1, 0.15) is 30.1 Å². The van der Waals surface area contributed by atoms with Gasteiger partial charge in [-0.3, -0.25) is 4.79 Å². The zero-order chi connectivity index (χ0) is 11.8. The molecule has 88 valence electrons. The van der Waals surface area contributed by atoms with Crippen LogP contribution in [0.4, 0.5) is 5.82 Å². The van der Waals surface area contributed by atoms with Gasteiger partial charge in [0.1, 0.15) is 0 Å². The molecule has 0 atom stereocenters. The predicted octanol–water partition coefficient (Wildman–Crippen LogP) is 2.14. The van der Waals surface area contributed by atoms with E-state index in [0.29, 0.717) is 0 Å². The minimum absolute atomic E-state index is 0.0908. The minimum Gasteiger partial charge on any atom is -0.355 e. The maximum Gasteiger partial charge on any atom is 0.165 e. The molecule has 17 heavy (non-hydrogen) atoms. The summed E-state index contributed by atoms with van der Waals surface area (Å²) in [5.74, 6) is 0.939. The molecule has 0 spiro atoms. The summed E-state index contributed by atoms with van der Waals surface area (Å²) in [5, 5.41) is 4.54. The third-order valence-electron chi connectivity index (χ3n) is 3.28. The lowest BCUT2D eigenvalue weighted by Gasteiger charge is -2.14. The Morgan fingerprint density at radius 2 is 2.06 bits per heavy atom. The van der Waals surface area contributed by atoms with Gasteiger partial charge in [0, 0.05) is 19.3 Å². The summed E-state index contributed by atoms with van der Waals surface area (Å²) in [5.41, 5.74) is 1.66. The molecule has 0 N–H and O–H groups in total. The standard InChI is InChI=1S/C13H15N3O/c1-10(17)12-11-6-2-3-9-16(11)14-13(12)15-7-4-5-8-15/h2-3,6,9H,4-5,7-8H2,1H3. The fraction of sp³-hybridized carbons (Fsp3) is 0.385. The molecule has 3 rings (SSSR count). The molecule has 0 saturated carbocycles. The van der Waals surface area contributed by atoms with Crippen molar-refractivity contribution in [3.8, 4) is 0 Å². The number of fused-ring (bicyclic) bond motifs is 1. The van der Waals surface area contributed by atoms with Gasteiger partial charge in [-0.1, -0.05) is 6.07 Å². The van der Waals surface area contributed by atoms with Crippen molar-refractivity contribution < 1.29 is 4.79 Å². The van der Waals surface area contributed by atoms with Crippen molar-refractivity contribution in [1.29, 1.82) is 0 Å². The number of hydrogen-bond donors (Lipinski definition) is 0. The molecular weight excluding hydrogens is 214 g/mol. The highest BCUT2D eigenvalue weighted by molar-refractivity contribution is 6.05. The van der Waals surface area contributed by atoms with Crippen molar-refractivity contribution in [3.05, 3.63) is 30.0 Å². The molecule has 4 heteroatoms. The quantitative estimate of drug-likeness (QED) is 0.740. The maximum absolute atomic E-state index is 11.8. The fourth-order valence-corrected chi connectivity index (χ4v) is 2.47. The molecule has 1 fully saturated rings. The van der Waals surface area contributed by atoms with E-state index in [1.165, 1.54) is 12.8 Å². The lowest BCUT2D eigenvalue weighted by molar-refractivity contribution is 0.101. The Hall–Kier alpha value is -1.84. The molecule has 0 bridgehead atoms. The molecule has 2 aromatic rings. The third-order valence-corrected chi connectivity index (χ3v) is 3.28. The van der Waals surface area contributed by atoms with E-state index in [1.54, 1.807) is 11.4 Å². The first-order valence-corrected chi connectivity index (χ1v) is 6.00. The van der Waals surface area contributed by atoms with Crippen molar-refractivity contribution in [1.82, 2.24) is 9.61 Å². The van der Waals surface area contributed by atoms with Gasteiger partial charge < -0.3 is 4.90 Å². The largest absolute Gasteiger partial charge is 0.355 e. The Kier molecular flexibility index (Phi) is 2.35. The highest BCUT2D eigenvalue weighted by Gasteiger charge is 2.23. The number of carbonyl (C=O) groups excluding carboxylic acids is 1. The summed E-state index contributed by atoms with van der Waals surface area (Å²) in [6, 6.07) is 5.82. The molecule has 4 nitrogen and oxygen atoms in total. The normalized spacial score (nSPS) is 15.7. The van der Waals surface area contributed by atoms with Crippen LogP contribution in [-0.4, -0.2) is 28.5 Å². The van der Waals surface area contributed by atoms with Gasteiger partial charge in [0.05, 0.1) is 11.1 Å². The van der Waals surface area contributed by atoms with Gasteiger partial charge >= 0.3 is 0 Å². The zero-order valence-electron chi connectivity index (χ0n) is 9.89. The number of nitrogens with zero attached hydrogens (tertiary/aromatic N) is 3. The van der Waals surface area contributed by atoms with Crippen LogP contribution in [0.2, 0.25) is 0 Å². The molecule has 0 aliphatic carbocycles. The maximum atomic E-state index is 11.8. The van der Waals surface area contributed by atoms with Crippen LogP contribution in [0.15, 0.2) is 24.4 Å². The number of rotatable bonds is 2. The first kappa shape index (κ1) is 10.3. The summed E-state index contributed by atoms with van der Waals surface area (Å²) >= 11 is 0. The molecule has 0 unspecified atom stereocenters. The van der Waals surface area contributed by atoms with Crippen LogP contribution in [0.5, 0.6) is 0 Å². The summed E-state index contributed by atoms with van der Waals surface area (Å²) < 4.78 is 1.80. The van der Waals surface area contributed by atoms with Crippen LogP contribution >= 0.6 is 0 Å². The fourth-order valence-electron chi connectivity index (χ4n) is 2.47. The minimum atomic E-state index is 0.0908.